The first kappa shape index (κ1) is 12.4. The zero-order valence-electron chi connectivity index (χ0n) is 10.8. The number of piperidine rings is 1. The van der Waals surface area contributed by atoms with Crippen molar-refractivity contribution in [3.63, 3.8) is 0 Å². The molecule has 0 radical (unpaired) electrons. The third-order valence-corrected chi connectivity index (χ3v) is 4.31. The number of hydrogen-bond acceptors (Lipinski definition) is 3. The van der Waals surface area contributed by atoms with Gasteiger partial charge in [0.25, 0.3) is 0 Å². The van der Waals surface area contributed by atoms with Crippen molar-refractivity contribution in [2.75, 3.05) is 27.2 Å². The molecule has 0 bridgehead atoms. The van der Waals surface area contributed by atoms with Gasteiger partial charge in [-0.2, -0.15) is 5.26 Å². The number of likely N-dealkylation sites (tertiary alicyclic amines) is 1. The highest BCUT2D eigenvalue weighted by molar-refractivity contribution is 5.86. The van der Waals surface area contributed by atoms with Crippen molar-refractivity contribution in [3.8, 4) is 6.07 Å². The second kappa shape index (κ2) is 4.66. The van der Waals surface area contributed by atoms with Crippen molar-refractivity contribution in [3.05, 3.63) is 0 Å². The number of amides is 1. The van der Waals surface area contributed by atoms with Crippen LogP contribution in [-0.2, 0) is 4.79 Å². The Kier molecular flexibility index (Phi) is 3.39. The number of nitriles is 1. The van der Waals surface area contributed by atoms with Gasteiger partial charge in [0.15, 0.2) is 0 Å². The molecular weight excluding hydrogens is 214 g/mol. The van der Waals surface area contributed by atoms with E-state index in [1.54, 1.807) is 0 Å². The summed E-state index contributed by atoms with van der Waals surface area (Å²) >= 11 is 0. The predicted octanol–water partition coefficient (Wildman–Crippen LogP) is 1.23. The van der Waals surface area contributed by atoms with Crippen LogP contribution in [0.1, 0.15) is 32.1 Å². The van der Waals surface area contributed by atoms with Crippen LogP contribution in [0.3, 0.4) is 0 Å². The number of carbonyl (C=O) groups excluding carboxylic acids is 1. The quantitative estimate of drug-likeness (QED) is 0.723. The highest BCUT2D eigenvalue weighted by Crippen LogP contribution is 2.42. The molecule has 4 nitrogen and oxygen atoms in total. The van der Waals surface area contributed by atoms with Crippen LogP contribution in [0.25, 0.3) is 0 Å². The summed E-state index contributed by atoms with van der Waals surface area (Å²) in [5.41, 5.74) is -0.662. The fraction of sp³-hybridized carbons (Fsp3) is 0.846. The Labute approximate surface area is 103 Å². The maximum atomic E-state index is 12.3. The second-order valence-electron chi connectivity index (χ2n) is 5.53. The molecule has 0 aromatic rings. The summed E-state index contributed by atoms with van der Waals surface area (Å²) in [4.78, 5) is 16.4. The van der Waals surface area contributed by atoms with Gasteiger partial charge in [0, 0.05) is 19.1 Å². The largest absolute Gasteiger partial charge is 0.341 e. The van der Waals surface area contributed by atoms with Crippen LogP contribution in [0.2, 0.25) is 0 Å². The number of nitrogens with zero attached hydrogens (tertiary/aromatic N) is 3. The fourth-order valence-corrected chi connectivity index (χ4v) is 2.79. The van der Waals surface area contributed by atoms with Gasteiger partial charge in [0.2, 0.25) is 5.91 Å². The van der Waals surface area contributed by atoms with Crippen molar-refractivity contribution < 1.29 is 4.79 Å². The zero-order chi connectivity index (χ0) is 12.5. The van der Waals surface area contributed by atoms with Gasteiger partial charge in [-0.05, 0) is 46.2 Å². The summed E-state index contributed by atoms with van der Waals surface area (Å²) in [6.07, 6.45) is 4.60. The molecule has 1 aliphatic heterocycles. The van der Waals surface area contributed by atoms with Gasteiger partial charge < -0.3 is 9.80 Å². The Morgan fingerprint density at radius 3 is 2.29 bits per heavy atom. The van der Waals surface area contributed by atoms with Gasteiger partial charge >= 0.3 is 0 Å². The third-order valence-electron chi connectivity index (χ3n) is 4.31. The number of hydrogen-bond donors (Lipinski definition) is 0. The lowest BCUT2D eigenvalue weighted by Crippen LogP contribution is -2.51. The maximum Gasteiger partial charge on any atom is 0.243 e. The minimum absolute atomic E-state index is 0.0865. The van der Waals surface area contributed by atoms with E-state index in [1.807, 2.05) is 4.90 Å². The van der Waals surface area contributed by atoms with Crippen LogP contribution in [-0.4, -0.2) is 48.9 Å². The Hall–Kier alpha value is -1.08. The molecule has 2 aliphatic rings. The molecule has 2 fully saturated rings. The Bertz CT molecular complexity index is 333. The molecule has 0 unspecified atom stereocenters. The van der Waals surface area contributed by atoms with Gasteiger partial charge in [0.05, 0.1) is 6.07 Å². The normalized spacial score (nSPS) is 24.2. The predicted molar refractivity (Wildman–Crippen MR) is 65.2 cm³/mol. The van der Waals surface area contributed by atoms with Gasteiger partial charge in [0.1, 0.15) is 5.41 Å². The molecule has 0 atom stereocenters. The van der Waals surface area contributed by atoms with Crippen LogP contribution in [0.5, 0.6) is 0 Å². The van der Waals surface area contributed by atoms with E-state index in [4.69, 9.17) is 0 Å². The molecule has 1 heterocycles. The first-order valence-corrected chi connectivity index (χ1v) is 6.46. The van der Waals surface area contributed by atoms with E-state index in [1.165, 1.54) is 0 Å². The van der Waals surface area contributed by atoms with Gasteiger partial charge in [-0.25, -0.2) is 0 Å². The van der Waals surface area contributed by atoms with Gasteiger partial charge in [-0.3, -0.25) is 4.79 Å². The lowest BCUT2D eigenvalue weighted by molar-refractivity contribution is -0.144. The summed E-state index contributed by atoms with van der Waals surface area (Å²) < 4.78 is 0. The molecule has 0 aromatic carbocycles. The molecular formula is C13H21N3O. The molecule has 0 spiro atoms. The van der Waals surface area contributed by atoms with Crippen molar-refractivity contribution >= 4 is 5.91 Å². The van der Waals surface area contributed by atoms with Crippen molar-refractivity contribution in [2.24, 2.45) is 5.41 Å². The lowest BCUT2D eigenvalue weighted by Gasteiger charge is -2.41. The van der Waals surface area contributed by atoms with Gasteiger partial charge in [-0.15, -0.1) is 0 Å². The molecule has 17 heavy (non-hydrogen) atoms. The lowest BCUT2D eigenvalue weighted by atomic mass is 9.69. The first-order chi connectivity index (χ1) is 8.09. The first-order valence-electron chi connectivity index (χ1n) is 6.46. The summed E-state index contributed by atoms with van der Waals surface area (Å²) in [6, 6.07) is 2.83. The van der Waals surface area contributed by atoms with Crippen LogP contribution >= 0.6 is 0 Å². The Balaban J connectivity index is 1.93. The standard InChI is InChI=1S/C13H21N3O/c1-15(2)11-4-8-16(9-5-11)12(17)13(10-14)6-3-7-13/h11H,3-9H2,1-2H3. The molecule has 1 amide bonds. The monoisotopic (exact) mass is 235 g/mol. The van der Waals surface area contributed by atoms with E-state index in [0.29, 0.717) is 6.04 Å². The zero-order valence-corrected chi connectivity index (χ0v) is 10.8. The van der Waals surface area contributed by atoms with Crippen LogP contribution in [0.15, 0.2) is 0 Å². The topological polar surface area (TPSA) is 47.3 Å². The minimum Gasteiger partial charge on any atom is -0.341 e. The Morgan fingerprint density at radius 1 is 1.35 bits per heavy atom. The second-order valence-corrected chi connectivity index (χ2v) is 5.53. The van der Waals surface area contributed by atoms with Crippen molar-refractivity contribution in [2.45, 2.75) is 38.1 Å². The minimum atomic E-state index is -0.662. The van der Waals surface area contributed by atoms with E-state index in [2.05, 4.69) is 25.1 Å². The van der Waals surface area contributed by atoms with Crippen molar-refractivity contribution in [1.29, 1.82) is 5.26 Å². The third kappa shape index (κ3) is 2.16. The average Bonchev–Trinajstić information content (AvgIpc) is 2.28. The molecule has 4 heteroatoms. The average molecular weight is 235 g/mol. The maximum absolute atomic E-state index is 12.3. The SMILES string of the molecule is CN(C)C1CCN(C(=O)C2(C#N)CCC2)CC1. The summed E-state index contributed by atoms with van der Waals surface area (Å²) in [5.74, 6) is 0.0865. The van der Waals surface area contributed by atoms with Crippen LogP contribution in [0, 0.1) is 16.7 Å². The van der Waals surface area contributed by atoms with E-state index in [-0.39, 0.29) is 5.91 Å². The number of carbonyl (C=O) groups is 1. The molecule has 1 saturated heterocycles. The highest BCUT2D eigenvalue weighted by Gasteiger charge is 2.47. The molecule has 1 aliphatic carbocycles. The highest BCUT2D eigenvalue weighted by atomic mass is 16.2. The molecule has 94 valence electrons. The molecule has 2 rings (SSSR count). The summed E-state index contributed by atoms with van der Waals surface area (Å²) in [5, 5.41) is 9.17. The van der Waals surface area contributed by atoms with Crippen molar-refractivity contribution in [1.82, 2.24) is 9.80 Å². The number of rotatable bonds is 2. The smallest absolute Gasteiger partial charge is 0.243 e. The van der Waals surface area contributed by atoms with E-state index < -0.39 is 5.41 Å². The molecule has 0 aromatic heterocycles. The molecule has 1 saturated carbocycles. The van der Waals surface area contributed by atoms with E-state index >= 15 is 0 Å². The summed E-state index contributed by atoms with van der Waals surface area (Å²) in [6.45, 7) is 1.62. The fourth-order valence-electron chi connectivity index (χ4n) is 2.79. The van der Waals surface area contributed by atoms with Gasteiger partial charge in [-0.1, -0.05) is 0 Å². The summed E-state index contributed by atoms with van der Waals surface area (Å²) in [7, 11) is 4.18. The van der Waals surface area contributed by atoms with E-state index in [0.717, 1.165) is 45.2 Å². The molecule has 0 N–H and O–H groups in total. The van der Waals surface area contributed by atoms with Crippen LogP contribution < -0.4 is 0 Å². The van der Waals surface area contributed by atoms with Crippen LogP contribution in [0.4, 0.5) is 0 Å². The Morgan fingerprint density at radius 2 is 1.94 bits per heavy atom. The van der Waals surface area contributed by atoms with E-state index in [9.17, 15) is 10.1 Å².